The lowest BCUT2D eigenvalue weighted by Gasteiger charge is -2.29. The minimum absolute atomic E-state index is 0.0960. The van der Waals surface area contributed by atoms with Crippen molar-refractivity contribution in [2.45, 2.75) is 19.3 Å². The normalized spacial score (nSPS) is 12.8. The lowest BCUT2D eigenvalue weighted by molar-refractivity contribution is 0.660. The van der Waals surface area contributed by atoms with E-state index in [9.17, 15) is 0 Å². The van der Waals surface area contributed by atoms with Gasteiger partial charge < -0.3 is 13.9 Å². The van der Waals surface area contributed by atoms with Crippen LogP contribution in [0.25, 0.3) is 93.9 Å². The van der Waals surface area contributed by atoms with Crippen LogP contribution in [0.3, 0.4) is 0 Å². The molecule has 0 aliphatic heterocycles. The summed E-state index contributed by atoms with van der Waals surface area (Å²) in [4.78, 5) is 2.44. The van der Waals surface area contributed by atoms with Gasteiger partial charge in [-0.15, -0.1) is 0 Å². The molecule has 12 aromatic rings. The van der Waals surface area contributed by atoms with Gasteiger partial charge in [0.25, 0.3) is 0 Å². The van der Waals surface area contributed by atoms with Crippen LogP contribution in [0.1, 0.15) is 25.0 Å². The predicted molar refractivity (Wildman–Crippen MR) is 277 cm³/mol. The highest BCUT2D eigenvalue weighted by Crippen LogP contribution is 2.51. The minimum atomic E-state index is -0.0960. The molecule has 0 atom stereocenters. The molecular formula is C63H44N2O. The Balaban J connectivity index is 0.996. The van der Waals surface area contributed by atoms with Crippen LogP contribution in [0.5, 0.6) is 0 Å². The third-order valence-electron chi connectivity index (χ3n) is 14.0. The van der Waals surface area contributed by atoms with E-state index in [0.29, 0.717) is 0 Å². The first-order valence-corrected chi connectivity index (χ1v) is 22.8. The Hall–Kier alpha value is -8.40. The highest BCUT2D eigenvalue weighted by molar-refractivity contribution is 6.17. The zero-order chi connectivity index (χ0) is 43.9. The number of furan rings is 1. The lowest BCUT2D eigenvalue weighted by Crippen LogP contribution is -2.15. The molecule has 0 saturated heterocycles. The molecule has 13 rings (SSSR count). The summed E-state index contributed by atoms with van der Waals surface area (Å²) in [6.45, 7) is 4.70. The van der Waals surface area contributed by atoms with Crippen molar-refractivity contribution in [3.05, 3.63) is 242 Å². The monoisotopic (exact) mass is 844 g/mol. The van der Waals surface area contributed by atoms with E-state index in [0.717, 1.165) is 72.5 Å². The van der Waals surface area contributed by atoms with E-state index in [2.05, 4.69) is 254 Å². The van der Waals surface area contributed by atoms with E-state index in [1.165, 1.54) is 49.6 Å². The molecule has 2 heterocycles. The summed E-state index contributed by atoms with van der Waals surface area (Å²) in [6, 6.07) is 83.7. The molecular weight excluding hydrogens is 801 g/mol. The van der Waals surface area contributed by atoms with Gasteiger partial charge in [0.15, 0.2) is 0 Å². The summed E-state index contributed by atoms with van der Waals surface area (Å²) in [5, 5.41) is 4.65. The van der Waals surface area contributed by atoms with Gasteiger partial charge in [0.2, 0.25) is 0 Å². The smallest absolute Gasteiger partial charge is 0.145 e. The molecule has 3 heteroatoms. The summed E-state index contributed by atoms with van der Waals surface area (Å²) < 4.78 is 9.35. The summed E-state index contributed by atoms with van der Waals surface area (Å²) >= 11 is 0. The average Bonchev–Trinajstić information content (AvgIpc) is 4.01. The summed E-state index contributed by atoms with van der Waals surface area (Å²) in [5.41, 5.74) is 20.5. The van der Waals surface area contributed by atoms with Crippen LogP contribution in [0.4, 0.5) is 17.1 Å². The molecule has 0 N–H and O–H groups in total. The standard InChI is InChI=1S/C63H44N2O/c1-63(2)54-26-11-6-22-49(54)50-36-33-44(40-55(50)63)43-19-16-20-46(39-43)65(56-27-12-7-21-47(56)41-17-4-3-5-18-41)59-38-37-48(62-61(59)53-25-10-15-30-60(53)66-62)42-31-34-45(35-32-42)64-57-28-13-8-23-51(57)52-24-9-14-29-58(52)64/h3-40H,1-2H3. The Kier molecular flexibility index (Phi) is 8.56. The number of hydrogen-bond donors (Lipinski definition) is 0. The van der Waals surface area contributed by atoms with Crippen molar-refractivity contribution in [3.63, 3.8) is 0 Å². The maximum atomic E-state index is 6.98. The van der Waals surface area contributed by atoms with Crippen LogP contribution >= 0.6 is 0 Å². The molecule has 10 aromatic carbocycles. The van der Waals surface area contributed by atoms with E-state index in [4.69, 9.17) is 4.42 Å². The van der Waals surface area contributed by atoms with E-state index < -0.39 is 0 Å². The molecule has 0 saturated carbocycles. The number of aromatic nitrogens is 1. The second-order valence-electron chi connectivity index (χ2n) is 18.1. The van der Waals surface area contributed by atoms with Gasteiger partial charge in [0.05, 0.1) is 27.8 Å². The molecule has 2 aromatic heterocycles. The number of hydrogen-bond acceptors (Lipinski definition) is 2. The fourth-order valence-corrected chi connectivity index (χ4v) is 10.9. The van der Waals surface area contributed by atoms with Crippen molar-refractivity contribution in [1.82, 2.24) is 4.57 Å². The Morgan fingerprint density at radius 1 is 0.394 bits per heavy atom. The van der Waals surface area contributed by atoms with Crippen LogP contribution < -0.4 is 4.90 Å². The minimum Gasteiger partial charge on any atom is -0.455 e. The summed E-state index contributed by atoms with van der Waals surface area (Å²) in [7, 11) is 0. The molecule has 0 radical (unpaired) electrons. The number of benzene rings is 10. The molecule has 312 valence electrons. The summed E-state index contributed by atoms with van der Waals surface area (Å²) in [6.07, 6.45) is 0. The third kappa shape index (κ3) is 5.83. The fourth-order valence-electron chi connectivity index (χ4n) is 10.9. The largest absolute Gasteiger partial charge is 0.455 e. The number of rotatable bonds is 7. The maximum absolute atomic E-state index is 6.98. The second-order valence-corrected chi connectivity index (χ2v) is 18.1. The number of fused-ring (bicyclic) bond motifs is 9. The van der Waals surface area contributed by atoms with Crippen LogP contribution in [-0.2, 0) is 5.41 Å². The zero-order valence-electron chi connectivity index (χ0n) is 36.7. The quantitative estimate of drug-likeness (QED) is 0.159. The molecule has 0 amide bonds. The van der Waals surface area contributed by atoms with Gasteiger partial charge >= 0.3 is 0 Å². The average molecular weight is 845 g/mol. The van der Waals surface area contributed by atoms with Crippen LogP contribution in [-0.4, -0.2) is 4.57 Å². The van der Waals surface area contributed by atoms with Crippen molar-refractivity contribution in [2.75, 3.05) is 4.90 Å². The Morgan fingerprint density at radius 3 is 1.76 bits per heavy atom. The molecule has 3 nitrogen and oxygen atoms in total. The second kappa shape index (κ2) is 14.8. The number of nitrogens with zero attached hydrogens (tertiary/aromatic N) is 2. The topological polar surface area (TPSA) is 21.3 Å². The van der Waals surface area contributed by atoms with Crippen molar-refractivity contribution < 1.29 is 4.42 Å². The Morgan fingerprint density at radius 2 is 0.970 bits per heavy atom. The van der Waals surface area contributed by atoms with Crippen LogP contribution in [0.15, 0.2) is 235 Å². The number of anilines is 3. The van der Waals surface area contributed by atoms with Crippen molar-refractivity contribution in [1.29, 1.82) is 0 Å². The molecule has 0 unspecified atom stereocenters. The summed E-state index contributed by atoms with van der Waals surface area (Å²) in [5.74, 6) is 0. The van der Waals surface area contributed by atoms with Gasteiger partial charge in [-0.1, -0.05) is 178 Å². The first-order valence-electron chi connectivity index (χ1n) is 22.8. The van der Waals surface area contributed by atoms with Crippen molar-refractivity contribution in [3.8, 4) is 50.2 Å². The van der Waals surface area contributed by atoms with Crippen molar-refractivity contribution in [2.24, 2.45) is 0 Å². The first-order chi connectivity index (χ1) is 32.5. The number of para-hydroxylation sites is 4. The van der Waals surface area contributed by atoms with Gasteiger partial charge in [-0.3, -0.25) is 0 Å². The zero-order valence-corrected chi connectivity index (χ0v) is 36.7. The van der Waals surface area contributed by atoms with E-state index in [1.807, 2.05) is 0 Å². The van der Waals surface area contributed by atoms with E-state index >= 15 is 0 Å². The van der Waals surface area contributed by atoms with Gasteiger partial charge in [0, 0.05) is 44.1 Å². The highest BCUT2D eigenvalue weighted by atomic mass is 16.3. The first kappa shape index (κ1) is 38.1. The van der Waals surface area contributed by atoms with Crippen molar-refractivity contribution >= 4 is 60.8 Å². The Labute approximate surface area is 384 Å². The van der Waals surface area contributed by atoms with Crippen LogP contribution in [0.2, 0.25) is 0 Å². The van der Waals surface area contributed by atoms with Gasteiger partial charge in [0.1, 0.15) is 11.2 Å². The lowest BCUT2D eigenvalue weighted by atomic mass is 9.81. The Bertz CT molecular complexity index is 3800. The highest BCUT2D eigenvalue weighted by Gasteiger charge is 2.35. The van der Waals surface area contributed by atoms with E-state index in [1.54, 1.807) is 0 Å². The van der Waals surface area contributed by atoms with E-state index in [-0.39, 0.29) is 5.41 Å². The van der Waals surface area contributed by atoms with Crippen LogP contribution in [0, 0.1) is 0 Å². The predicted octanol–water partition coefficient (Wildman–Crippen LogP) is 17.5. The molecule has 0 bridgehead atoms. The molecule has 0 fully saturated rings. The third-order valence-corrected chi connectivity index (χ3v) is 14.0. The maximum Gasteiger partial charge on any atom is 0.145 e. The molecule has 1 aliphatic carbocycles. The molecule has 66 heavy (non-hydrogen) atoms. The van der Waals surface area contributed by atoms with Gasteiger partial charge in [-0.05, 0) is 111 Å². The molecule has 1 aliphatic rings. The van der Waals surface area contributed by atoms with Gasteiger partial charge in [-0.2, -0.15) is 0 Å². The SMILES string of the molecule is CC1(C)c2ccccc2-c2ccc(-c3cccc(N(c4ccccc4-c4ccccc4)c4ccc(-c5ccc(-n6c7ccccc7c7ccccc76)cc5)c5oc6ccccc6c45)c3)cc21. The molecule has 0 spiro atoms. The van der Waals surface area contributed by atoms with Gasteiger partial charge in [-0.25, -0.2) is 0 Å². The fraction of sp³-hybridized carbons (Fsp3) is 0.0476.